The summed E-state index contributed by atoms with van der Waals surface area (Å²) in [5, 5.41) is 5.69. The van der Waals surface area contributed by atoms with E-state index in [4.69, 9.17) is 16.3 Å². The van der Waals surface area contributed by atoms with Crippen molar-refractivity contribution in [3.63, 3.8) is 0 Å². The number of halogens is 1. The standard InChI is InChI=1S/C30H31ClN4O4/c1-39-23-15-11-20(12-16-23)18-32-30(38)33-22-13-9-21(10-14-22)19-34-26-6-2-3-7-27(26)35(28(36)17-31)25-8-4-5-24(25)29(34)37/h2-3,6-7,9-16,24-25H,4-5,8,17-19H2,1H3,(H2,32,33,38). The van der Waals surface area contributed by atoms with Crippen molar-refractivity contribution in [3.8, 4) is 5.75 Å². The van der Waals surface area contributed by atoms with Gasteiger partial charge in [0, 0.05) is 18.3 Å². The fourth-order valence-electron chi connectivity index (χ4n) is 5.46. The number of carbonyl (C=O) groups excluding carboxylic acids is 3. The van der Waals surface area contributed by atoms with E-state index in [0.29, 0.717) is 24.5 Å². The van der Waals surface area contributed by atoms with E-state index in [2.05, 4.69) is 10.6 Å². The Morgan fingerprint density at radius 1 is 0.949 bits per heavy atom. The van der Waals surface area contributed by atoms with E-state index in [1.54, 1.807) is 16.9 Å². The Morgan fingerprint density at radius 3 is 2.33 bits per heavy atom. The Hall–Kier alpha value is -4.04. The summed E-state index contributed by atoms with van der Waals surface area (Å²) in [5.41, 5.74) is 3.94. The number of amides is 4. The fraction of sp³-hybridized carbons (Fsp3) is 0.300. The molecule has 3 aromatic carbocycles. The number of carbonyl (C=O) groups is 3. The van der Waals surface area contributed by atoms with Crippen LogP contribution in [0.2, 0.25) is 0 Å². The number of benzene rings is 3. The van der Waals surface area contributed by atoms with Gasteiger partial charge >= 0.3 is 6.03 Å². The molecule has 2 N–H and O–H groups in total. The quantitative estimate of drug-likeness (QED) is 0.393. The van der Waals surface area contributed by atoms with E-state index in [1.165, 1.54) is 0 Å². The molecular weight excluding hydrogens is 516 g/mol. The highest BCUT2D eigenvalue weighted by molar-refractivity contribution is 6.30. The molecule has 0 spiro atoms. The zero-order valence-electron chi connectivity index (χ0n) is 21.7. The third-order valence-electron chi connectivity index (χ3n) is 7.37. The summed E-state index contributed by atoms with van der Waals surface area (Å²) < 4.78 is 5.16. The second-order valence-corrected chi connectivity index (χ2v) is 10.0. The van der Waals surface area contributed by atoms with E-state index in [-0.39, 0.29) is 35.7 Å². The number of para-hydroxylation sites is 2. The summed E-state index contributed by atoms with van der Waals surface area (Å²) in [6.45, 7) is 0.738. The van der Waals surface area contributed by atoms with Crippen LogP contribution in [0.25, 0.3) is 0 Å². The molecule has 5 rings (SSSR count). The van der Waals surface area contributed by atoms with Gasteiger partial charge < -0.3 is 25.2 Å². The number of ether oxygens (including phenoxy) is 1. The molecule has 0 saturated heterocycles. The number of nitrogens with zero attached hydrogens (tertiary/aromatic N) is 2. The minimum Gasteiger partial charge on any atom is -0.497 e. The van der Waals surface area contributed by atoms with Crippen LogP contribution in [0.3, 0.4) is 0 Å². The van der Waals surface area contributed by atoms with Crippen LogP contribution in [0.1, 0.15) is 30.4 Å². The van der Waals surface area contributed by atoms with Gasteiger partial charge in [-0.15, -0.1) is 11.6 Å². The monoisotopic (exact) mass is 546 g/mol. The van der Waals surface area contributed by atoms with Gasteiger partial charge in [-0.3, -0.25) is 9.59 Å². The molecule has 0 bridgehead atoms. The number of nitrogens with one attached hydrogen (secondary N) is 2. The van der Waals surface area contributed by atoms with Crippen LogP contribution >= 0.6 is 11.6 Å². The van der Waals surface area contributed by atoms with Gasteiger partial charge in [-0.05, 0) is 60.4 Å². The normalized spacial score (nSPS) is 18.2. The molecule has 0 radical (unpaired) electrons. The molecule has 8 nitrogen and oxygen atoms in total. The molecule has 1 fully saturated rings. The lowest BCUT2D eigenvalue weighted by atomic mass is 10.0. The second-order valence-electron chi connectivity index (χ2n) is 9.77. The fourth-order valence-corrected chi connectivity index (χ4v) is 5.58. The van der Waals surface area contributed by atoms with Gasteiger partial charge in [0.15, 0.2) is 0 Å². The highest BCUT2D eigenvalue weighted by atomic mass is 35.5. The average molecular weight is 547 g/mol. The Kier molecular flexibility index (Phi) is 8.02. The average Bonchev–Trinajstić information content (AvgIpc) is 3.42. The minimum atomic E-state index is -0.313. The first-order chi connectivity index (χ1) is 19.0. The van der Waals surface area contributed by atoms with Crippen molar-refractivity contribution in [1.82, 2.24) is 5.32 Å². The van der Waals surface area contributed by atoms with Crippen molar-refractivity contribution in [2.45, 2.75) is 38.4 Å². The molecular formula is C30H31ClN4O4. The van der Waals surface area contributed by atoms with E-state index in [9.17, 15) is 14.4 Å². The first kappa shape index (κ1) is 26.6. The van der Waals surface area contributed by atoms with Gasteiger partial charge in [-0.25, -0.2) is 4.79 Å². The van der Waals surface area contributed by atoms with E-state index in [0.717, 1.165) is 41.8 Å². The lowest BCUT2D eigenvalue weighted by Crippen LogP contribution is -2.45. The Morgan fingerprint density at radius 2 is 1.64 bits per heavy atom. The van der Waals surface area contributed by atoms with Crippen molar-refractivity contribution >= 4 is 46.5 Å². The van der Waals surface area contributed by atoms with E-state index >= 15 is 0 Å². The Balaban J connectivity index is 1.28. The number of fused-ring (bicyclic) bond motifs is 2. The number of anilines is 3. The first-order valence-electron chi connectivity index (χ1n) is 13.0. The van der Waals surface area contributed by atoms with Crippen molar-refractivity contribution < 1.29 is 19.1 Å². The lowest BCUT2D eigenvalue weighted by Gasteiger charge is -2.30. The van der Waals surface area contributed by atoms with Crippen molar-refractivity contribution in [2.24, 2.45) is 5.92 Å². The number of rotatable bonds is 7. The van der Waals surface area contributed by atoms with Gasteiger partial charge in [0.05, 0.1) is 30.9 Å². The molecule has 1 aliphatic carbocycles. The molecule has 0 aromatic heterocycles. The largest absolute Gasteiger partial charge is 0.497 e. The number of hydrogen-bond acceptors (Lipinski definition) is 4. The SMILES string of the molecule is COc1ccc(CNC(=O)Nc2ccc(CN3C(=O)C4CCCC4N(C(=O)CCl)c4ccccc43)cc2)cc1. The van der Waals surface area contributed by atoms with Crippen molar-refractivity contribution in [3.05, 3.63) is 83.9 Å². The van der Waals surface area contributed by atoms with E-state index in [1.807, 2.05) is 72.8 Å². The number of hydrogen-bond donors (Lipinski definition) is 2. The summed E-state index contributed by atoms with van der Waals surface area (Å²) in [5.74, 6) is 0.206. The Labute approximate surface area is 232 Å². The molecule has 2 unspecified atom stereocenters. The maximum atomic E-state index is 13.8. The third kappa shape index (κ3) is 5.71. The molecule has 1 aliphatic heterocycles. The number of urea groups is 1. The highest BCUT2D eigenvalue weighted by Gasteiger charge is 2.45. The van der Waals surface area contributed by atoms with Crippen LogP contribution in [0.5, 0.6) is 5.75 Å². The van der Waals surface area contributed by atoms with Gasteiger partial charge in [-0.2, -0.15) is 0 Å². The zero-order chi connectivity index (χ0) is 27.4. The van der Waals surface area contributed by atoms with Crippen LogP contribution in [0.4, 0.5) is 21.9 Å². The van der Waals surface area contributed by atoms with Gasteiger partial charge in [0.2, 0.25) is 11.8 Å². The summed E-state index contributed by atoms with van der Waals surface area (Å²) in [7, 11) is 1.61. The van der Waals surface area contributed by atoms with E-state index < -0.39 is 0 Å². The van der Waals surface area contributed by atoms with Crippen molar-refractivity contribution in [2.75, 3.05) is 28.1 Å². The van der Waals surface area contributed by atoms with Crippen LogP contribution in [0, 0.1) is 5.92 Å². The molecule has 1 heterocycles. The molecule has 1 saturated carbocycles. The van der Waals surface area contributed by atoms with Crippen LogP contribution in [-0.2, 0) is 22.7 Å². The van der Waals surface area contributed by atoms with Gasteiger partial charge in [0.1, 0.15) is 11.6 Å². The predicted octanol–water partition coefficient (Wildman–Crippen LogP) is 5.30. The summed E-state index contributed by atoms with van der Waals surface area (Å²) in [6, 6.07) is 21.9. The summed E-state index contributed by atoms with van der Waals surface area (Å²) in [4.78, 5) is 42.6. The topological polar surface area (TPSA) is 91.0 Å². The second kappa shape index (κ2) is 11.8. The first-order valence-corrected chi connectivity index (χ1v) is 13.6. The van der Waals surface area contributed by atoms with Crippen LogP contribution in [0.15, 0.2) is 72.8 Å². The van der Waals surface area contributed by atoms with Crippen LogP contribution in [-0.4, -0.2) is 36.9 Å². The molecule has 39 heavy (non-hydrogen) atoms. The third-order valence-corrected chi connectivity index (χ3v) is 7.60. The Bertz CT molecular complexity index is 1350. The molecule has 3 aromatic rings. The highest BCUT2D eigenvalue weighted by Crippen LogP contribution is 2.43. The maximum absolute atomic E-state index is 13.8. The zero-order valence-corrected chi connectivity index (χ0v) is 22.5. The molecule has 9 heteroatoms. The molecule has 202 valence electrons. The summed E-state index contributed by atoms with van der Waals surface area (Å²) in [6.07, 6.45) is 2.42. The van der Waals surface area contributed by atoms with Gasteiger partial charge in [0.25, 0.3) is 0 Å². The number of methoxy groups -OCH3 is 1. The molecule has 4 amide bonds. The van der Waals surface area contributed by atoms with Gasteiger partial charge in [-0.1, -0.05) is 42.8 Å². The summed E-state index contributed by atoms with van der Waals surface area (Å²) >= 11 is 5.98. The minimum absolute atomic E-state index is 0.0231. The molecule has 2 atom stereocenters. The van der Waals surface area contributed by atoms with Crippen molar-refractivity contribution in [1.29, 1.82) is 0 Å². The maximum Gasteiger partial charge on any atom is 0.319 e. The lowest BCUT2D eigenvalue weighted by molar-refractivity contribution is -0.122. The predicted molar refractivity (Wildman–Crippen MR) is 152 cm³/mol. The smallest absolute Gasteiger partial charge is 0.319 e. The van der Waals surface area contributed by atoms with Crippen LogP contribution < -0.4 is 25.2 Å². The number of alkyl halides is 1. The molecule has 2 aliphatic rings.